The van der Waals surface area contributed by atoms with Crippen molar-refractivity contribution in [3.63, 3.8) is 0 Å². The number of nitrogens with zero attached hydrogens (tertiary/aromatic N) is 2. The molecule has 0 radical (unpaired) electrons. The van der Waals surface area contributed by atoms with E-state index in [4.69, 9.17) is 18.8 Å². The average Bonchev–Trinajstić information content (AvgIpc) is 3.62. The summed E-state index contributed by atoms with van der Waals surface area (Å²) >= 11 is 0. The van der Waals surface area contributed by atoms with Crippen LogP contribution in [0.25, 0.3) is 57.3 Å². The molecule has 6 aromatic rings. The van der Waals surface area contributed by atoms with Gasteiger partial charge in [0, 0.05) is 11.1 Å². The quantitative estimate of drug-likeness (QED) is 0.156. The normalized spacial score (nSPS) is 13.3. The fourth-order valence-electron chi connectivity index (χ4n) is 7.47. The van der Waals surface area contributed by atoms with Crippen LogP contribution in [0, 0.1) is 10.8 Å². The molecule has 0 aliphatic heterocycles. The van der Waals surface area contributed by atoms with E-state index in [2.05, 4.69) is 166 Å². The third-order valence-corrected chi connectivity index (χ3v) is 9.07. The molecular weight excluding hydrogens is 588 g/mol. The van der Waals surface area contributed by atoms with E-state index in [9.17, 15) is 0 Å². The van der Waals surface area contributed by atoms with Crippen molar-refractivity contribution in [2.24, 2.45) is 10.8 Å². The topological polar surface area (TPSA) is 52.1 Å². The molecule has 0 saturated heterocycles. The minimum atomic E-state index is 0.0535. The Balaban J connectivity index is 1.13. The van der Waals surface area contributed by atoms with Crippen LogP contribution in [0.4, 0.5) is 0 Å². The Kier molecular flexibility index (Phi) is 8.52. The second kappa shape index (κ2) is 12.2. The summed E-state index contributed by atoms with van der Waals surface area (Å²) in [4.78, 5) is 9.71. The van der Waals surface area contributed by atoms with Crippen molar-refractivity contribution in [1.29, 1.82) is 0 Å². The van der Waals surface area contributed by atoms with E-state index in [0.717, 1.165) is 57.3 Å². The van der Waals surface area contributed by atoms with E-state index in [1.165, 1.54) is 11.1 Å². The highest BCUT2D eigenvalue weighted by Crippen LogP contribution is 2.39. The zero-order valence-corrected chi connectivity index (χ0v) is 30.4. The van der Waals surface area contributed by atoms with Gasteiger partial charge >= 0.3 is 0 Å². The molecule has 4 aromatic carbocycles. The Labute approximate surface area is 286 Å². The van der Waals surface area contributed by atoms with Gasteiger partial charge in [0.05, 0.1) is 0 Å². The summed E-state index contributed by atoms with van der Waals surface area (Å²) in [6, 6.07) is 29.5. The summed E-state index contributed by atoms with van der Waals surface area (Å²) in [5.41, 5.74) is 10.7. The van der Waals surface area contributed by atoms with Crippen LogP contribution in [0.5, 0.6) is 0 Å². The number of hydrogen-bond acceptors (Lipinski definition) is 4. The molecule has 0 bridgehead atoms. The lowest BCUT2D eigenvalue weighted by molar-refractivity contribution is 0.284. The second-order valence-corrected chi connectivity index (χ2v) is 17.2. The Morgan fingerprint density at radius 3 is 1.17 bits per heavy atom. The summed E-state index contributed by atoms with van der Waals surface area (Å²) in [7, 11) is 0. The molecule has 0 saturated carbocycles. The van der Waals surface area contributed by atoms with Gasteiger partial charge in [-0.05, 0) is 105 Å². The van der Waals surface area contributed by atoms with E-state index >= 15 is 0 Å². The van der Waals surface area contributed by atoms with E-state index in [-0.39, 0.29) is 21.7 Å². The second-order valence-electron chi connectivity index (χ2n) is 17.2. The summed E-state index contributed by atoms with van der Waals surface area (Å²) in [5.74, 6) is 1.29. The molecule has 0 aliphatic rings. The van der Waals surface area contributed by atoms with Crippen LogP contribution in [0.15, 0.2) is 93.8 Å². The highest BCUT2D eigenvalue weighted by molar-refractivity contribution is 5.79. The first-order valence-corrected chi connectivity index (χ1v) is 17.2. The molecule has 6 rings (SSSR count). The highest BCUT2D eigenvalue weighted by Gasteiger charge is 2.29. The standard InChI is InChI=1S/C44H50N2O2/c1-41(2,3)27-43(7,8)33-21-23-37-35(25-33)45-39(47-37)31-17-13-29(14-18-31)11-12-30-15-19-32(20-16-30)40-46-36-26-34(22-24-38(36)48-40)44(9,10)28-42(4,5)6/h11-26H,27-28H2,1-10H3. The van der Waals surface area contributed by atoms with Gasteiger partial charge in [0.25, 0.3) is 0 Å². The van der Waals surface area contributed by atoms with Crippen molar-refractivity contribution in [2.75, 3.05) is 0 Å². The highest BCUT2D eigenvalue weighted by atomic mass is 16.4. The smallest absolute Gasteiger partial charge is 0.227 e. The Hall–Kier alpha value is -4.44. The summed E-state index contributed by atoms with van der Waals surface area (Å²) < 4.78 is 12.3. The third-order valence-electron chi connectivity index (χ3n) is 9.07. The average molecular weight is 639 g/mol. The molecule has 0 amide bonds. The summed E-state index contributed by atoms with van der Waals surface area (Å²) in [6.45, 7) is 23.0. The SMILES string of the molecule is CC(C)(C)CC(C)(C)c1ccc2oc(-c3ccc(C=Cc4ccc(-c5nc6cc(C(C)(C)CC(C)(C)C)ccc6o5)cc4)cc3)nc2c1. The van der Waals surface area contributed by atoms with Gasteiger partial charge in [-0.2, -0.15) is 0 Å². The van der Waals surface area contributed by atoms with Crippen molar-refractivity contribution in [1.82, 2.24) is 9.97 Å². The van der Waals surface area contributed by atoms with Crippen LogP contribution < -0.4 is 0 Å². The lowest BCUT2D eigenvalue weighted by Crippen LogP contribution is -2.24. The van der Waals surface area contributed by atoms with Gasteiger partial charge in [-0.25, -0.2) is 9.97 Å². The Bertz CT molecular complexity index is 1920. The molecule has 2 heterocycles. The van der Waals surface area contributed by atoms with Gasteiger partial charge < -0.3 is 8.83 Å². The molecule has 0 spiro atoms. The Morgan fingerprint density at radius 2 is 0.833 bits per heavy atom. The molecule has 0 atom stereocenters. The number of fused-ring (bicyclic) bond motifs is 2. The van der Waals surface area contributed by atoms with Crippen molar-refractivity contribution in [3.05, 3.63) is 107 Å². The fourth-order valence-corrected chi connectivity index (χ4v) is 7.47. The third kappa shape index (κ3) is 7.65. The molecule has 0 N–H and O–H groups in total. The van der Waals surface area contributed by atoms with E-state index in [0.29, 0.717) is 11.8 Å². The lowest BCUT2D eigenvalue weighted by Gasteiger charge is -2.33. The van der Waals surface area contributed by atoms with E-state index in [1.807, 2.05) is 0 Å². The lowest BCUT2D eigenvalue weighted by atomic mass is 9.72. The van der Waals surface area contributed by atoms with Crippen LogP contribution in [0.3, 0.4) is 0 Å². The maximum atomic E-state index is 6.15. The number of hydrogen-bond donors (Lipinski definition) is 0. The summed E-state index contributed by atoms with van der Waals surface area (Å²) in [5, 5.41) is 0. The zero-order valence-electron chi connectivity index (χ0n) is 30.4. The predicted octanol–water partition coefficient (Wildman–Crippen LogP) is 12.9. The van der Waals surface area contributed by atoms with Gasteiger partial charge in [0.1, 0.15) is 11.0 Å². The maximum absolute atomic E-state index is 6.15. The molecule has 48 heavy (non-hydrogen) atoms. The first kappa shape index (κ1) is 33.5. The Morgan fingerprint density at radius 1 is 0.479 bits per heavy atom. The van der Waals surface area contributed by atoms with Crippen LogP contribution >= 0.6 is 0 Å². The van der Waals surface area contributed by atoms with Crippen molar-refractivity contribution < 1.29 is 8.83 Å². The van der Waals surface area contributed by atoms with Crippen LogP contribution in [-0.4, -0.2) is 9.97 Å². The van der Waals surface area contributed by atoms with Gasteiger partial charge in [0.15, 0.2) is 11.2 Å². The van der Waals surface area contributed by atoms with Crippen molar-refractivity contribution in [2.45, 2.75) is 92.9 Å². The molecule has 4 nitrogen and oxygen atoms in total. The van der Waals surface area contributed by atoms with Gasteiger partial charge in [0.2, 0.25) is 11.8 Å². The molecule has 0 fully saturated rings. The minimum absolute atomic E-state index is 0.0535. The first-order chi connectivity index (χ1) is 22.4. The van der Waals surface area contributed by atoms with E-state index in [1.54, 1.807) is 0 Å². The monoisotopic (exact) mass is 638 g/mol. The molecule has 248 valence electrons. The first-order valence-electron chi connectivity index (χ1n) is 17.2. The zero-order chi connectivity index (χ0) is 34.5. The fraction of sp³-hybridized carbons (Fsp3) is 0.364. The molecule has 4 heteroatoms. The van der Waals surface area contributed by atoms with Crippen LogP contribution in [-0.2, 0) is 10.8 Å². The number of oxazole rings is 2. The predicted molar refractivity (Wildman–Crippen MR) is 202 cm³/mol. The van der Waals surface area contributed by atoms with Gasteiger partial charge in [-0.15, -0.1) is 0 Å². The number of benzene rings is 4. The van der Waals surface area contributed by atoms with Crippen molar-refractivity contribution in [3.8, 4) is 22.9 Å². The molecule has 0 unspecified atom stereocenters. The molecule has 0 aliphatic carbocycles. The number of aromatic nitrogens is 2. The van der Waals surface area contributed by atoms with Crippen LogP contribution in [0.1, 0.15) is 104 Å². The van der Waals surface area contributed by atoms with Crippen molar-refractivity contribution >= 4 is 34.4 Å². The maximum Gasteiger partial charge on any atom is 0.227 e. The number of rotatable bonds is 8. The minimum Gasteiger partial charge on any atom is -0.436 e. The largest absolute Gasteiger partial charge is 0.436 e. The van der Waals surface area contributed by atoms with Gasteiger partial charge in [-0.3, -0.25) is 0 Å². The molecule has 2 aromatic heterocycles. The summed E-state index contributed by atoms with van der Waals surface area (Å²) in [6.07, 6.45) is 6.42. The molecular formula is C44H50N2O2. The van der Waals surface area contributed by atoms with Crippen LogP contribution in [0.2, 0.25) is 0 Å². The van der Waals surface area contributed by atoms with Gasteiger partial charge in [-0.1, -0.05) is 118 Å². The van der Waals surface area contributed by atoms with E-state index < -0.39 is 0 Å².